The van der Waals surface area contributed by atoms with Crippen LogP contribution < -0.4 is 0 Å². The first-order chi connectivity index (χ1) is 12.6. The zero-order valence-electron chi connectivity index (χ0n) is 13.8. The number of piperazine rings is 1. The molecule has 1 aliphatic rings. The van der Waals surface area contributed by atoms with E-state index in [1.807, 2.05) is 24.3 Å². The quantitative estimate of drug-likeness (QED) is 0.684. The van der Waals surface area contributed by atoms with Gasteiger partial charge >= 0.3 is 0 Å². The van der Waals surface area contributed by atoms with Crippen molar-refractivity contribution in [3.05, 3.63) is 53.7 Å². The second-order valence-corrected chi connectivity index (χ2v) is 8.98. The van der Waals surface area contributed by atoms with Crippen LogP contribution in [-0.4, -0.2) is 59.7 Å². The molecule has 3 heterocycles. The Morgan fingerprint density at radius 3 is 2.42 bits per heavy atom. The molecule has 0 aliphatic carbocycles. The van der Waals surface area contributed by atoms with E-state index in [4.69, 9.17) is 0 Å². The Morgan fingerprint density at radius 1 is 1.00 bits per heavy atom. The first-order valence-corrected chi connectivity index (χ1v) is 10.4. The number of aromatic nitrogens is 2. The molecule has 26 heavy (non-hydrogen) atoms. The lowest BCUT2D eigenvalue weighted by molar-refractivity contribution is 0.0692. The molecule has 3 aromatic rings. The molecule has 134 valence electrons. The summed E-state index contributed by atoms with van der Waals surface area (Å²) in [5, 5.41) is 1.74. The molecule has 7 nitrogen and oxygen atoms in total. The highest BCUT2D eigenvalue weighted by atomic mass is 32.2. The van der Waals surface area contributed by atoms with Gasteiger partial charge in [-0.25, -0.2) is 13.4 Å². The minimum atomic E-state index is -3.48. The summed E-state index contributed by atoms with van der Waals surface area (Å²) in [5.74, 6) is -0.226. The van der Waals surface area contributed by atoms with Gasteiger partial charge in [-0.15, -0.1) is 11.3 Å². The fourth-order valence-electron chi connectivity index (χ4n) is 2.89. The Hall–Kier alpha value is -2.36. The van der Waals surface area contributed by atoms with Gasteiger partial charge in [0, 0.05) is 26.2 Å². The van der Waals surface area contributed by atoms with Crippen LogP contribution >= 0.6 is 11.3 Å². The van der Waals surface area contributed by atoms with E-state index >= 15 is 0 Å². The van der Waals surface area contributed by atoms with Crippen molar-refractivity contribution in [1.29, 1.82) is 0 Å². The molecule has 0 radical (unpaired) electrons. The average Bonchev–Trinajstić information content (AvgIpc) is 3.23. The molecule has 1 aliphatic heterocycles. The van der Waals surface area contributed by atoms with Gasteiger partial charge in [0.2, 0.25) is 0 Å². The molecular formula is C17H16N4O3S2. The Kier molecular flexibility index (Phi) is 4.43. The molecule has 1 aromatic carbocycles. The topological polar surface area (TPSA) is 83.5 Å². The second kappa shape index (κ2) is 6.75. The maximum Gasteiger partial charge on any atom is 0.274 e. The third kappa shape index (κ3) is 3.09. The van der Waals surface area contributed by atoms with Crippen molar-refractivity contribution in [3.8, 4) is 0 Å². The highest BCUT2D eigenvalue weighted by Crippen LogP contribution is 2.22. The zero-order valence-corrected chi connectivity index (χ0v) is 15.4. The van der Waals surface area contributed by atoms with Crippen LogP contribution in [0.1, 0.15) is 10.5 Å². The van der Waals surface area contributed by atoms with Crippen LogP contribution in [0.25, 0.3) is 11.0 Å². The molecule has 0 N–H and O–H groups in total. The van der Waals surface area contributed by atoms with Crippen LogP contribution in [0.15, 0.2) is 52.2 Å². The molecule has 0 spiro atoms. The van der Waals surface area contributed by atoms with Crippen LogP contribution in [0.4, 0.5) is 0 Å². The lowest BCUT2D eigenvalue weighted by Crippen LogP contribution is -2.50. The van der Waals surface area contributed by atoms with Gasteiger partial charge in [-0.05, 0) is 23.6 Å². The number of hydrogen-bond acceptors (Lipinski definition) is 6. The maximum absolute atomic E-state index is 12.7. The van der Waals surface area contributed by atoms with E-state index < -0.39 is 10.0 Å². The van der Waals surface area contributed by atoms with Gasteiger partial charge < -0.3 is 4.90 Å². The van der Waals surface area contributed by atoms with Crippen LogP contribution in [-0.2, 0) is 10.0 Å². The van der Waals surface area contributed by atoms with Gasteiger partial charge in [0.1, 0.15) is 9.90 Å². The summed E-state index contributed by atoms with van der Waals surface area (Å²) in [6.45, 7) is 1.20. The number of carbonyl (C=O) groups is 1. The van der Waals surface area contributed by atoms with E-state index in [0.717, 1.165) is 5.52 Å². The number of para-hydroxylation sites is 2. The minimum absolute atomic E-state index is 0.226. The van der Waals surface area contributed by atoms with Crippen molar-refractivity contribution in [2.75, 3.05) is 26.2 Å². The molecule has 1 amide bonds. The molecule has 1 saturated heterocycles. The summed E-state index contributed by atoms with van der Waals surface area (Å²) in [4.78, 5) is 23.0. The lowest BCUT2D eigenvalue weighted by Gasteiger charge is -2.33. The molecule has 0 saturated carbocycles. The minimum Gasteiger partial charge on any atom is -0.335 e. The fraction of sp³-hybridized carbons (Fsp3) is 0.235. The number of fused-ring (bicyclic) bond motifs is 1. The predicted molar refractivity (Wildman–Crippen MR) is 98.5 cm³/mol. The fourth-order valence-corrected chi connectivity index (χ4v) is 5.46. The highest BCUT2D eigenvalue weighted by molar-refractivity contribution is 7.91. The predicted octanol–water partition coefficient (Wildman–Crippen LogP) is 1.84. The first-order valence-electron chi connectivity index (χ1n) is 8.10. The van der Waals surface area contributed by atoms with E-state index in [0.29, 0.717) is 22.8 Å². The van der Waals surface area contributed by atoms with Crippen LogP contribution in [0.5, 0.6) is 0 Å². The highest BCUT2D eigenvalue weighted by Gasteiger charge is 2.31. The molecule has 0 atom stereocenters. The summed E-state index contributed by atoms with van der Waals surface area (Å²) in [6.07, 6.45) is 1.47. The summed E-state index contributed by atoms with van der Waals surface area (Å²) < 4.78 is 26.9. The summed E-state index contributed by atoms with van der Waals surface area (Å²) >= 11 is 1.20. The molecule has 1 fully saturated rings. The van der Waals surface area contributed by atoms with E-state index in [-0.39, 0.29) is 24.7 Å². The molecular weight excluding hydrogens is 372 g/mol. The normalized spacial score (nSPS) is 16.1. The van der Waals surface area contributed by atoms with Crippen molar-refractivity contribution in [2.24, 2.45) is 0 Å². The molecule has 0 unspecified atom stereocenters. The standard InChI is InChI=1S/C17H16N4O3S2/c22-17(15-12-18-13-4-1-2-5-14(13)19-15)20-7-9-21(10-8-20)26(23,24)16-6-3-11-25-16/h1-6,11-12H,7-10H2. The average molecular weight is 388 g/mol. The van der Waals surface area contributed by atoms with E-state index in [2.05, 4.69) is 9.97 Å². The van der Waals surface area contributed by atoms with Crippen molar-refractivity contribution in [1.82, 2.24) is 19.2 Å². The Bertz CT molecular complexity index is 1040. The van der Waals surface area contributed by atoms with Crippen molar-refractivity contribution in [2.45, 2.75) is 4.21 Å². The third-order valence-electron chi connectivity index (χ3n) is 4.28. The van der Waals surface area contributed by atoms with E-state index in [1.54, 1.807) is 22.4 Å². The van der Waals surface area contributed by atoms with Crippen LogP contribution in [0, 0.1) is 0 Å². The Balaban J connectivity index is 1.48. The number of amides is 1. The summed E-state index contributed by atoms with van der Waals surface area (Å²) in [7, 11) is -3.48. The maximum atomic E-state index is 12.7. The zero-order chi connectivity index (χ0) is 18.1. The number of carbonyl (C=O) groups excluding carboxylic acids is 1. The summed E-state index contributed by atoms with van der Waals surface area (Å²) in [5.41, 5.74) is 1.67. The van der Waals surface area contributed by atoms with Gasteiger partial charge in [0.05, 0.1) is 17.2 Å². The van der Waals surface area contributed by atoms with Crippen LogP contribution in [0.2, 0.25) is 0 Å². The Morgan fingerprint density at radius 2 is 1.73 bits per heavy atom. The summed E-state index contributed by atoms with van der Waals surface area (Å²) in [6, 6.07) is 10.7. The number of rotatable bonds is 3. The van der Waals surface area contributed by atoms with Crippen molar-refractivity contribution >= 4 is 38.3 Å². The lowest BCUT2D eigenvalue weighted by atomic mass is 10.2. The van der Waals surface area contributed by atoms with Crippen molar-refractivity contribution < 1.29 is 13.2 Å². The van der Waals surface area contributed by atoms with Gasteiger partial charge in [0.15, 0.2) is 0 Å². The molecule has 2 aromatic heterocycles. The second-order valence-electron chi connectivity index (χ2n) is 5.87. The van der Waals surface area contributed by atoms with E-state index in [9.17, 15) is 13.2 Å². The third-order valence-corrected chi connectivity index (χ3v) is 7.55. The first kappa shape index (κ1) is 17.1. The number of hydrogen-bond donors (Lipinski definition) is 0. The van der Waals surface area contributed by atoms with Crippen LogP contribution in [0.3, 0.4) is 0 Å². The van der Waals surface area contributed by atoms with Gasteiger partial charge in [-0.1, -0.05) is 18.2 Å². The van der Waals surface area contributed by atoms with Gasteiger partial charge in [-0.3, -0.25) is 9.78 Å². The SMILES string of the molecule is O=C(c1cnc2ccccc2n1)N1CCN(S(=O)(=O)c2cccs2)CC1. The monoisotopic (exact) mass is 388 g/mol. The largest absolute Gasteiger partial charge is 0.335 e. The molecule has 4 rings (SSSR count). The number of thiophene rings is 1. The number of sulfonamides is 1. The van der Waals surface area contributed by atoms with E-state index in [1.165, 1.54) is 21.8 Å². The smallest absolute Gasteiger partial charge is 0.274 e. The number of nitrogens with zero attached hydrogens (tertiary/aromatic N) is 4. The van der Waals surface area contributed by atoms with Crippen molar-refractivity contribution in [3.63, 3.8) is 0 Å². The molecule has 9 heteroatoms. The van der Waals surface area contributed by atoms with Gasteiger partial charge in [-0.2, -0.15) is 4.31 Å². The number of benzene rings is 1. The Labute approximate surface area is 155 Å². The molecule has 0 bridgehead atoms. The van der Waals surface area contributed by atoms with Gasteiger partial charge in [0.25, 0.3) is 15.9 Å².